The molecule has 0 atom stereocenters. The third-order valence-corrected chi connectivity index (χ3v) is 2.35. The van der Waals surface area contributed by atoms with Crippen LogP contribution in [0.1, 0.15) is 19.4 Å². The first-order valence-electron chi connectivity index (χ1n) is 5.98. The molecule has 0 unspecified atom stereocenters. The summed E-state index contributed by atoms with van der Waals surface area (Å²) in [6.45, 7) is 4.18. The Kier molecular flexibility index (Phi) is 5.43. The fraction of sp³-hybridized carbons (Fsp3) is 0.583. The highest BCUT2D eigenvalue weighted by Crippen LogP contribution is 2.35. The highest BCUT2D eigenvalue weighted by atomic mass is 19.4. The topological polar surface area (TPSA) is 34.1 Å². The number of alkyl halides is 6. The normalized spacial score (nSPS) is 13.0. The molecule has 21 heavy (non-hydrogen) atoms. The van der Waals surface area contributed by atoms with Gasteiger partial charge in [0.05, 0.1) is 0 Å². The zero-order valence-electron chi connectivity index (χ0n) is 11.2. The van der Waals surface area contributed by atoms with Crippen LogP contribution in [0.5, 0.6) is 5.88 Å². The molecule has 0 fully saturated rings. The van der Waals surface area contributed by atoms with Crippen LogP contribution in [0.15, 0.2) is 18.3 Å². The van der Waals surface area contributed by atoms with Crippen molar-refractivity contribution in [3.63, 3.8) is 0 Å². The highest BCUT2D eigenvalue weighted by Gasteiger charge is 2.59. The summed E-state index contributed by atoms with van der Waals surface area (Å²) in [5.41, 5.74) is 0.617. The molecule has 0 aliphatic rings. The van der Waals surface area contributed by atoms with E-state index >= 15 is 0 Å². The maximum Gasteiger partial charge on any atom is 0.434 e. The molecule has 0 spiro atoms. The number of nitrogens with one attached hydrogen (secondary N) is 1. The molecule has 0 saturated heterocycles. The van der Waals surface area contributed by atoms with E-state index in [1.807, 2.05) is 13.8 Å². The van der Waals surface area contributed by atoms with Gasteiger partial charge in [-0.1, -0.05) is 19.9 Å². The van der Waals surface area contributed by atoms with Gasteiger partial charge >= 0.3 is 12.4 Å². The van der Waals surface area contributed by atoms with Crippen molar-refractivity contribution >= 4 is 0 Å². The molecule has 0 bridgehead atoms. The van der Waals surface area contributed by atoms with E-state index in [2.05, 4.69) is 15.0 Å². The predicted octanol–water partition coefficient (Wildman–Crippen LogP) is 3.45. The lowest BCUT2D eigenvalue weighted by molar-refractivity contribution is -0.300. The molecule has 3 nitrogen and oxygen atoms in total. The molecule has 1 N–H and O–H groups in total. The van der Waals surface area contributed by atoms with Crippen LogP contribution in [0.25, 0.3) is 0 Å². The number of rotatable bonds is 5. The highest BCUT2D eigenvalue weighted by molar-refractivity contribution is 5.18. The minimum absolute atomic E-state index is 0.181. The van der Waals surface area contributed by atoms with Crippen molar-refractivity contribution in [2.45, 2.75) is 44.9 Å². The zero-order valence-corrected chi connectivity index (χ0v) is 11.2. The summed E-state index contributed by atoms with van der Waals surface area (Å²) < 4.78 is 77.8. The maximum absolute atomic E-state index is 12.3. The Morgan fingerprint density at radius 1 is 1.10 bits per heavy atom. The Bertz CT molecular complexity index is 427. The zero-order chi connectivity index (χ0) is 16.3. The van der Waals surface area contributed by atoms with Crippen LogP contribution in [-0.2, 0) is 6.54 Å². The van der Waals surface area contributed by atoms with Crippen molar-refractivity contribution in [3.8, 4) is 5.88 Å². The van der Waals surface area contributed by atoms with Crippen molar-refractivity contribution < 1.29 is 31.1 Å². The molecule has 1 rings (SSSR count). The van der Waals surface area contributed by atoms with Crippen LogP contribution >= 0.6 is 0 Å². The second-order valence-electron chi connectivity index (χ2n) is 4.62. The van der Waals surface area contributed by atoms with Crippen LogP contribution in [0.3, 0.4) is 0 Å². The number of pyridine rings is 1. The van der Waals surface area contributed by atoms with E-state index < -0.39 is 24.3 Å². The van der Waals surface area contributed by atoms with Gasteiger partial charge in [-0.3, -0.25) is 0 Å². The van der Waals surface area contributed by atoms with Crippen LogP contribution in [0.2, 0.25) is 0 Å². The lowest BCUT2D eigenvalue weighted by Crippen LogP contribution is -2.46. The standard InChI is InChI=1S/C12H14F6N2O/c1-7(2)19-5-8-3-4-9(20-6-8)21-10(11(13,14)15)12(16,17)18/h3-4,6-7,10,19H,5H2,1-2H3. The molecule has 0 aromatic carbocycles. The summed E-state index contributed by atoms with van der Waals surface area (Å²) in [7, 11) is 0. The Balaban J connectivity index is 2.77. The van der Waals surface area contributed by atoms with Crippen molar-refractivity contribution in [1.82, 2.24) is 10.3 Å². The average molecular weight is 316 g/mol. The smallest absolute Gasteiger partial charge is 0.434 e. The fourth-order valence-electron chi connectivity index (χ4n) is 1.35. The van der Waals surface area contributed by atoms with Crippen molar-refractivity contribution in [1.29, 1.82) is 0 Å². The third kappa shape index (κ3) is 5.78. The van der Waals surface area contributed by atoms with Gasteiger partial charge < -0.3 is 10.1 Å². The first kappa shape index (κ1) is 17.5. The van der Waals surface area contributed by atoms with Crippen molar-refractivity contribution in [3.05, 3.63) is 23.9 Å². The Morgan fingerprint density at radius 2 is 1.67 bits per heavy atom. The van der Waals surface area contributed by atoms with Crippen LogP contribution < -0.4 is 10.1 Å². The van der Waals surface area contributed by atoms with Gasteiger partial charge in [-0.05, 0) is 5.56 Å². The Hall–Kier alpha value is -1.51. The largest absolute Gasteiger partial charge is 0.455 e. The summed E-state index contributed by atoms with van der Waals surface area (Å²) in [4.78, 5) is 3.46. The second-order valence-corrected chi connectivity index (χ2v) is 4.62. The number of aromatic nitrogens is 1. The molecule has 120 valence electrons. The van der Waals surface area contributed by atoms with Gasteiger partial charge in [-0.25, -0.2) is 4.98 Å². The van der Waals surface area contributed by atoms with E-state index in [1.54, 1.807) is 0 Å². The van der Waals surface area contributed by atoms with Crippen LogP contribution in [0.4, 0.5) is 26.3 Å². The third-order valence-electron chi connectivity index (χ3n) is 2.35. The Morgan fingerprint density at radius 3 is 2.05 bits per heavy atom. The van der Waals surface area contributed by atoms with Crippen LogP contribution in [0, 0.1) is 0 Å². The lowest BCUT2D eigenvalue weighted by Gasteiger charge is -2.23. The quantitative estimate of drug-likeness (QED) is 0.845. The Labute approximate surface area is 117 Å². The number of hydrogen-bond donors (Lipinski definition) is 1. The first-order chi connectivity index (χ1) is 9.50. The number of halogens is 6. The van der Waals surface area contributed by atoms with E-state index in [4.69, 9.17) is 0 Å². The molecule has 0 radical (unpaired) electrons. The molecular formula is C12H14F6N2O. The van der Waals surface area contributed by atoms with Gasteiger partial charge in [0.2, 0.25) is 5.88 Å². The summed E-state index contributed by atoms with van der Waals surface area (Å²) in [5.74, 6) is -0.733. The molecule has 0 aliphatic heterocycles. The molecular weight excluding hydrogens is 302 g/mol. The summed E-state index contributed by atoms with van der Waals surface area (Å²) in [6.07, 6.45) is -13.8. The molecule has 0 aliphatic carbocycles. The number of hydrogen-bond acceptors (Lipinski definition) is 3. The van der Waals surface area contributed by atoms with E-state index in [-0.39, 0.29) is 6.04 Å². The molecule has 0 saturated carbocycles. The summed E-state index contributed by atoms with van der Waals surface area (Å²) in [5, 5.41) is 3.03. The van der Waals surface area contributed by atoms with E-state index in [1.165, 1.54) is 6.07 Å². The van der Waals surface area contributed by atoms with Gasteiger partial charge in [-0.2, -0.15) is 26.3 Å². The van der Waals surface area contributed by atoms with E-state index in [0.29, 0.717) is 12.1 Å². The minimum Gasteiger partial charge on any atom is -0.455 e. The van der Waals surface area contributed by atoms with E-state index in [9.17, 15) is 26.3 Å². The van der Waals surface area contributed by atoms with Gasteiger partial charge in [-0.15, -0.1) is 0 Å². The first-order valence-corrected chi connectivity index (χ1v) is 5.98. The minimum atomic E-state index is -5.56. The SMILES string of the molecule is CC(C)NCc1ccc(OC(C(F)(F)F)C(F)(F)F)nc1. The van der Waals surface area contributed by atoms with Gasteiger partial charge in [0.15, 0.2) is 0 Å². The van der Waals surface area contributed by atoms with Crippen LogP contribution in [-0.4, -0.2) is 29.5 Å². The van der Waals surface area contributed by atoms with E-state index in [0.717, 1.165) is 12.3 Å². The van der Waals surface area contributed by atoms with Gasteiger partial charge in [0.25, 0.3) is 6.10 Å². The second kappa shape index (κ2) is 6.50. The van der Waals surface area contributed by atoms with Crippen molar-refractivity contribution in [2.75, 3.05) is 0 Å². The number of ether oxygens (including phenoxy) is 1. The number of nitrogens with zero attached hydrogens (tertiary/aromatic N) is 1. The monoisotopic (exact) mass is 316 g/mol. The molecule has 1 aromatic rings. The summed E-state index contributed by atoms with van der Waals surface area (Å²) in [6, 6.07) is 2.50. The molecule has 1 aromatic heterocycles. The molecule has 0 amide bonds. The molecule has 9 heteroatoms. The lowest BCUT2D eigenvalue weighted by atomic mass is 10.2. The maximum atomic E-state index is 12.3. The predicted molar refractivity (Wildman–Crippen MR) is 62.7 cm³/mol. The molecule has 1 heterocycles. The van der Waals surface area contributed by atoms with Crippen molar-refractivity contribution in [2.24, 2.45) is 0 Å². The average Bonchev–Trinajstić information content (AvgIpc) is 2.32. The fourth-order valence-corrected chi connectivity index (χ4v) is 1.35. The summed E-state index contributed by atoms with van der Waals surface area (Å²) >= 11 is 0. The van der Waals surface area contributed by atoms with Gasteiger partial charge in [0, 0.05) is 24.8 Å². The van der Waals surface area contributed by atoms with Gasteiger partial charge in [0.1, 0.15) is 0 Å².